The number of hydrogen-bond donors (Lipinski definition) is 0. The van der Waals surface area contributed by atoms with Crippen LogP contribution in [0.4, 0.5) is 8.78 Å². The van der Waals surface area contributed by atoms with Crippen LogP contribution < -0.4 is 0 Å². The number of thioether (sulfide) groups is 1. The van der Waals surface area contributed by atoms with Gasteiger partial charge in [0.2, 0.25) is 0 Å². The lowest BCUT2D eigenvalue weighted by Gasteiger charge is -2.08. The number of halogens is 2. The Bertz CT molecular complexity index is 957. The van der Waals surface area contributed by atoms with E-state index in [-0.39, 0.29) is 17.1 Å². The van der Waals surface area contributed by atoms with Crippen molar-refractivity contribution in [2.75, 3.05) is 5.75 Å². The van der Waals surface area contributed by atoms with Gasteiger partial charge in [0.05, 0.1) is 5.75 Å². The first kappa shape index (κ1) is 16.8. The van der Waals surface area contributed by atoms with Crippen molar-refractivity contribution in [3.63, 3.8) is 0 Å². The van der Waals surface area contributed by atoms with E-state index in [2.05, 4.69) is 15.2 Å². The van der Waals surface area contributed by atoms with Gasteiger partial charge in [0.15, 0.2) is 28.4 Å². The number of Topliss-reactive ketones (excluding diaryl/α,β-unsaturated/α-hetero) is 1. The predicted molar refractivity (Wildman–Crippen MR) is 92.9 cm³/mol. The molecule has 0 bridgehead atoms. The number of carbonyl (C=O) groups excluding carboxylic acids is 1. The molecule has 3 aromatic rings. The highest BCUT2D eigenvalue weighted by Crippen LogP contribution is 2.41. The number of hydrogen-bond acceptors (Lipinski definition) is 5. The summed E-state index contributed by atoms with van der Waals surface area (Å²) in [5.41, 5.74) is 1.01. The fourth-order valence-electron chi connectivity index (χ4n) is 2.61. The monoisotopic (exact) mass is 372 g/mol. The SMILES string of the molecule is O=C(CSc1nnc(-c2cccnc2)n1C1CC1)c1ccc(F)c(F)c1. The zero-order valence-electron chi connectivity index (χ0n) is 13.6. The Balaban J connectivity index is 1.54. The van der Waals surface area contributed by atoms with Crippen LogP contribution in [0.25, 0.3) is 11.4 Å². The van der Waals surface area contributed by atoms with E-state index in [0.29, 0.717) is 11.2 Å². The third-order valence-electron chi connectivity index (χ3n) is 4.07. The fraction of sp³-hybridized carbons (Fsp3) is 0.222. The molecule has 0 radical (unpaired) electrons. The van der Waals surface area contributed by atoms with Crippen molar-refractivity contribution in [1.29, 1.82) is 0 Å². The summed E-state index contributed by atoms with van der Waals surface area (Å²) in [5.74, 6) is -1.49. The van der Waals surface area contributed by atoms with Crippen LogP contribution in [-0.2, 0) is 0 Å². The maximum atomic E-state index is 13.3. The molecule has 2 heterocycles. The molecular weight excluding hydrogens is 358 g/mol. The first-order valence-electron chi connectivity index (χ1n) is 8.10. The molecule has 4 rings (SSSR count). The third-order valence-corrected chi connectivity index (χ3v) is 5.01. The van der Waals surface area contributed by atoms with E-state index in [0.717, 1.165) is 36.4 Å². The molecule has 0 unspecified atom stereocenters. The van der Waals surface area contributed by atoms with Crippen molar-refractivity contribution < 1.29 is 13.6 Å². The third kappa shape index (κ3) is 3.37. The zero-order chi connectivity index (χ0) is 18.1. The molecule has 1 fully saturated rings. The molecule has 1 aliphatic carbocycles. The molecule has 0 amide bonds. The topological polar surface area (TPSA) is 60.7 Å². The van der Waals surface area contributed by atoms with E-state index >= 15 is 0 Å². The minimum absolute atomic E-state index is 0.0724. The summed E-state index contributed by atoms with van der Waals surface area (Å²) in [5, 5.41) is 9.11. The molecule has 1 saturated carbocycles. The van der Waals surface area contributed by atoms with Crippen molar-refractivity contribution in [2.24, 2.45) is 0 Å². The molecule has 1 aliphatic rings. The van der Waals surface area contributed by atoms with Gasteiger partial charge in [0.1, 0.15) is 0 Å². The average molecular weight is 372 g/mol. The van der Waals surface area contributed by atoms with Gasteiger partial charge in [-0.15, -0.1) is 10.2 Å². The number of pyridine rings is 1. The summed E-state index contributed by atoms with van der Waals surface area (Å²) in [4.78, 5) is 16.4. The number of nitrogens with zero attached hydrogens (tertiary/aromatic N) is 4. The summed E-state index contributed by atoms with van der Waals surface area (Å²) >= 11 is 1.25. The van der Waals surface area contributed by atoms with Crippen LogP contribution in [0.5, 0.6) is 0 Å². The molecule has 0 atom stereocenters. The molecule has 5 nitrogen and oxygen atoms in total. The van der Waals surface area contributed by atoms with E-state index in [1.165, 1.54) is 17.8 Å². The standard InChI is InChI=1S/C18H14F2N4OS/c19-14-6-3-11(8-15(14)20)16(25)10-26-18-23-22-17(24(18)13-4-5-13)12-2-1-7-21-9-12/h1-3,6-9,13H,4-5,10H2. The zero-order valence-corrected chi connectivity index (χ0v) is 14.4. The lowest BCUT2D eigenvalue weighted by atomic mass is 10.1. The highest BCUT2D eigenvalue weighted by molar-refractivity contribution is 7.99. The van der Waals surface area contributed by atoms with E-state index in [4.69, 9.17) is 0 Å². The van der Waals surface area contributed by atoms with Gasteiger partial charge in [-0.05, 0) is 43.2 Å². The van der Waals surface area contributed by atoms with Crippen LogP contribution in [0.2, 0.25) is 0 Å². The molecule has 132 valence electrons. The second-order valence-electron chi connectivity index (χ2n) is 5.99. The number of benzene rings is 1. The Morgan fingerprint density at radius 3 is 2.73 bits per heavy atom. The Hall–Kier alpha value is -2.61. The number of ketones is 1. The molecule has 2 aromatic heterocycles. The van der Waals surface area contributed by atoms with Gasteiger partial charge in [-0.1, -0.05) is 11.8 Å². The largest absolute Gasteiger partial charge is 0.299 e. The highest BCUT2D eigenvalue weighted by Gasteiger charge is 2.30. The second kappa shape index (κ2) is 6.95. The van der Waals surface area contributed by atoms with Crippen molar-refractivity contribution in [2.45, 2.75) is 24.0 Å². The van der Waals surface area contributed by atoms with Crippen molar-refractivity contribution in [1.82, 2.24) is 19.7 Å². The molecule has 0 N–H and O–H groups in total. The fourth-order valence-corrected chi connectivity index (χ4v) is 3.51. The van der Waals surface area contributed by atoms with Gasteiger partial charge < -0.3 is 0 Å². The van der Waals surface area contributed by atoms with Gasteiger partial charge in [-0.25, -0.2) is 8.78 Å². The predicted octanol–water partition coefficient (Wildman–Crippen LogP) is 3.93. The quantitative estimate of drug-likeness (QED) is 0.485. The van der Waals surface area contributed by atoms with E-state index in [9.17, 15) is 13.6 Å². The molecule has 0 aliphatic heterocycles. The summed E-state index contributed by atoms with van der Waals surface area (Å²) in [6, 6.07) is 7.23. The maximum absolute atomic E-state index is 13.3. The van der Waals surface area contributed by atoms with E-state index in [1.807, 2.05) is 16.7 Å². The molecule has 1 aromatic carbocycles. The maximum Gasteiger partial charge on any atom is 0.192 e. The van der Waals surface area contributed by atoms with Gasteiger partial charge in [0.25, 0.3) is 0 Å². The summed E-state index contributed by atoms with van der Waals surface area (Å²) in [6.45, 7) is 0. The van der Waals surface area contributed by atoms with Gasteiger partial charge in [-0.2, -0.15) is 0 Å². The Morgan fingerprint density at radius 1 is 1.19 bits per heavy atom. The first-order valence-corrected chi connectivity index (χ1v) is 9.08. The normalized spacial score (nSPS) is 13.8. The number of rotatable bonds is 6. The molecule has 0 saturated heterocycles. The minimum atomic E-state index is -1.03. The van der Waals surface area contributed by atoms with Crippen LogP contribution in [0.3, 0.4) is 0 Å². The van der Waals surface area contributed by atoms with E-state index < -0.39 is 11.6 Å². The van der Waals surface area contributed by atoms with Crippen LogP contribution >= 0.6 is 11.8 Å². The Labute approximate surface area is 152 Å². The lowest BCUT2D eigenvalue weighted by molar-refractivity contribution is 0.102. The molecule has 8 heteroatoms. The molecule has 0 spiro atoms. The Kier molecular flexibility index (Phi) is 4.50. The molecular formula is C18H14F2N4OS. The lowest BCUT2D eigenvalue weighted by Crippen LogP contribution is -2.06. The van der Waals surface area contributed by atoms with Crippen LogP contribution in [0.1, 0.15) is 29.2 Å². The van der Waals surface area contributed by atoms with Crippen LogP contribution in [0, 0.1) is 11.6 Å². The van der Waals surface area contributed by atoms with Gasteiger partial charge in [-0.3, -0.25) is 14.3 Å². The average Bonchev–Trinajstić information content (AvgIpc) is 3.41. The number of aromatic nitrogens is 4. The highest BCUT2D eigenvalue weighted by atomic mass is 32.2. The first-order chi connectivity index (χ1) is 12.6. The number of carbonyl (C=O) groups is 1. The van der Waals surface area contributed by atoms with E-state index in [1.54, 1.807) is 12.4 Å². The summed E-state index contributed by atoms with van der Waals surface area (Å²) in [6.07, 6.45) is 5.49. The van der Waals surface area contributed by atoms with Crippen LogP contribution in [-0.4, -0.2) is 31.3 Å². The summed E-state index contributed by atoms with van der Waals surface area (Å²) in [7, 11) is 0. The Morgan fingerprint density at radius 2 is 2.04 bits per heavy atom. The van der Waals surface area contributed by atoms with Crippen molar-refractivity contribution in [3.05, 3.63) is 59.9 Å². The van der Waals surface area contributed by atoms with Gasteiger partial charge in [0, 0.05) is 29.6 Å². The molecule has 26 heavy (non-hydrogen) atoms. The van der Waals surface area contributed by atoms with Crippen molar-refractivity contribution >= 4 is 17.5 Å². The van der Waals surface area contributed by atoms with Crippen LogP contribution in [0.15, 0.2) is 47.9 Å². The second-order valence-corrected chi connectivity index (χ2v) is 6.93. The van der Waals surface area contributed by atoms with Gasteiger partial charge >= 0.3 is 0 Å². The smallest absolute Gasteiger partial charge is 0.192 e. The summed E-state index contributed by atoms with van der Waals surface area (Å²) < 4.78 is 28.3. The van der Waals surface area contributed by atoms with Crippen molar-refractivity contribution in [3.8, 4) is 11.4 Å². The minimum Gasteiger partial charge on any atom is -0.299 e.